The minimum Gasteiger partial charge on any atom is -0.468 e. The number of aryl methyl sites for hydroxylation is 1. The van der Waals surface area contributed by atoms with Gasteiger partial charge in [-0.05, 0) is 30.5 Å². The summed E-state index contributed by atoms with van der Waals surface area (Å²) in [4.78, 5) is 10.9. The van der Waals surface area contributed by atoms with Crippen LogP contribution in [0.25, 0.3) is 0 Å². The first-order valence-corrected chi connectivity index (χ1v) is 7.13. The molecular weight excluding hydrogens is 294 g/mol. The van der Waals surface area contributed by atoms with E-state index in [1.807, 2.05) is 12.1 Å². The predicted octanol–water partition coefficient (Wildman–Crippen LogP) is 3.38. The fourth-order valence-electron chi connectivity index (χ4n) is 1.59. The van der Waals surface area contributed by atoms with Crippen LogP contribution in [-0.2, 0) is 16.0 Å². The highest BCUT2D eigenvalue weighted by Gasteiger charge is 2.14. The summed E-state index contributed by atoms with van der Waals surface area (Å²) in [7, 11) is 1.39. The molecule has 1 N–H and O–H groups in total. The molecule has 0 aliphatic heterocycles. The van der Waals surface area contributed by atoms with Gasteiger partial charge in [-0.2, -0.15) is 0 Å². The predicted molar refractivity (Wildman–Crippen MR) is 78.3 cm³/mol. The van der Waals surface area contributed by atoms with Gasteiger partial charge in [-0.25, -0.2) is 0 Å². The molecule has 0 aliphatic rings. The molecule has 0 aromatic heterocycles. The van der Waals surface area contributed by atoms with E-state index in [2.05, 4.69) is 45.0 Å². The molecule has 0 amide bonds. The van der Waals surface area contributed by atoms with Crippen LogP contribution >= 0.6 is 15.9 Å². The second-order valence-electron chi connectivity index (χ2n) is 4.17. The van der Waals surface area contributed by atoms with Gasteiger partial charge in [-0.1, -0.05) is 41.4 Å². The van der Waals surface area contributed by atoms with E-state index >= 15 is 0 Å². The van der Waals surface area contributed by atoms with Crippen LogP contribution in [-0.4, -0.2) is 24.5 Å². The molecule has 1 aromatic carbocycles. The van der Waals surface area contributed by atoms with Crippen molar-refractivity contribution >= 4 is 27.6 Å². The number of methoxy groups -OCH3 is 1. The number of benzene rings is 1. The topological polar surface area (TPSA) is 38.3 Å². The summed E-state index contributed by atoms with van der Waals surface area (Å²) in [6, 6.07) is 8.34. The zero-order valence-electron chi connectivity index (χ0n) is 10.9. The van der Waals surface area contributed by atoms with Gasteiger partial charge in [0.25, 0.3) is 0 Å². The van der Waals surface area contributed by atoms with Crippen LogP contribution in [0.3, 0.4) is 0 Å². The van der Waals surface area contributed by atoms with Gasteiger partial charge in [0, 0.05) is 12.2 Å². The molecule has 0 bridgehead atoms. The molecule has 0 aliphatic carbocycles. The minimum atomic E-state index is -0.317. The van der Waals surface area contributed by atoms with E-state index in [9.17, 15) is 4.79 Å². The number of alkyl halides is 1. The Labute approximate surface area is 117 Å². The lowest BCUT2D eigenvalue weighted by molar-refractivity contribution is -0.139. The van der Waals surface area contributed by atoms with E-state index in [4.69, 9.17) is 0 Å². The quantitative estimate of drug-likeness (QED) is 0.619. The van der Waals surface area contributed by atoms with E-state index < -0.39 is 0 Å². The molecule has 0 heterocycles. The highest BCUT2D eigenvalue weighted by atomic mass is 79.9. The molecule has 0 spiro atoms. The van der Waals surface area contributed by atoms with Gasteiger partial charge in [0.15, 0.2) is 0 Å². The van der Waals surface area contributed by atoms with Crippen LogP contribution in [0.4, 0.5) is 5.69 Å². The Balaban J connectivity index is 2.41. The Morgan fingerprint density at radius 1 is 1.39 bits per heavy atom. The lowest BCUT2D eigenvalue weighted by Crippen LogP contribution is -2.24. The highest BCUT2D eigenvalue weighted by molar-refractivity contribution is 9.10. The van der Waals surface area contributed by atoms with Crippen molar-refractivity contribution in [1.29, 1.82) is 0 Å². The lowest BCUT2D eigenvalue weighted by atomic mass is 10.1. The average Bonchev–Trinajstić information content (AvgIpc) is 2.42. The molecule has 0 radical (unpaired) electrons. The third kappa shape index (κ3) is 5.08. The maximum Gasteiger partial charge on any atom is 0.321 e. The second-order valence-corrected chi connectivity index (χ2v) is 5.28. The number of ether oxygens (including phenoxy) is 1. The lowest BCUT2D eigenvalue weighted by Gasteiger charge is -2.10. The molecule has 1 rings (SSSR count). The minimum absolute atomic E-state index is 0.262. The third-order valence-corrected chi connectivity index (χ3v) is 3.41. The van der Waals surface area contributed by atoms with Gasteiger partial charge >= 0.3 is 5.97 Å². The van der Waals surface area contributed by atoms with Crippen molar-refractivity contribution in [3.63, 3.8) is 0 Å². The molecule has 100 valence electrons. The van der Waals surface area contributed by atoms with Gasteiger partial charge in [-0.3, -0.25) is 4.79 Å². The summed E-state index contributed by atoms with van der Waals surface area (Å²) < 4.78 is 4.64. The van der Waals surface area contributed by atoms with E-state index in [-0.39, 0.29) is 10.8 Å². The maximum absolute atomic E-state index is 11.2. The monoisotopic (exact) mass is 313 g/mol. The molecule has 3 nitrogen and oxygen atoms in total. The molecule has 1 unspecified atom stereocenters. The fourth-order valence-corrected chi connectivity index (χ4v) is 1.94. The van der Waals surface area contributed by atoms with Gasteiger partial charge in [0.1, 0.15) is 4.83 Å². The first-order valence-electron chi connectivity index (χ1n) is 6.22. The summed E-state index contributed by atoms with van der Waals surface area (Å²) >= 11 is 3.27. The Morgan fingerprint density at radius 2 is 2.06 bits per heavy atom. The van der Waals surface area contributed by atoms with Crippen LogP contribution in [0.1, 0.15) is 25.3 Å². The first-order chi connectivity index (χ1) is 8.67. The van der Waals surface area contributed by atoms with Crippen LogP contribution in [0.2, 0.25) is 0 Å². The molecule has 18 heavy (non-hydrogen) atoms. The number of carbonyl (C=O) groups is 1. The maximum atomic E-state index is 11.2. The van der Waals surface area contributed by atoms with Crippen molar-refractivity contribution in [3.8, 4) is 0 Å². The second kappa shape index (κ2) is 8.14. The summed E-state index contributed by atoms with van der Waals surface area (Å²) in [5.74, 6) is -0.262. The molecule has 4 heteroatoms. The molecule has 1 aromatic rings. The fraction of sp³-hybridized carbons (Fsp3) is 0.500. The first kappa shape index (κ1) is 15.0. The van der Waals surface area contributed by atoms with Crippen molar-refractivity contribution in [2.24, 2.45) is 0 Å². The summed E-state index contributed by atoms with van der Waals surface area (Å²) in [5, 5.41) is 3.20. The standard InChI is InChI=1S/C14H20BrNO2/c1-3-4-5-11-6-8-12(9-7-11)16-10-13(15)14(17)18-2/h6-9,13,16H,3-5,10H2,1-2H3. The number of hydrogen-bond donors (Lipinski definition) is 1. The van der Waals surface area contributed by atoms with Gasteiger partial charge < -0.3 is 10.1 Å². The number of unbranched alkanes of at least 4 members (excludes halogenated alkanes) is 1. The molecular formula is C14H20BrNO2. The SMILES string of the molecule is CCCCc1ccc(NCC(Br)C(=O)OC)cc1. The van der Waals surface area contributed by atoms with Crippen LogP contribution < -0.4 is 5.32 Å². The molecule has 1 atom stereocenters. The summed E-state index contributed by atoms with van der Waals surface area (Å²) in [5.41, 5.74) is 2.37. The van der Waals surface area contributed by atoms with Crippen LogP contribution in [0.15, 0.2) is 24.3 Å². The summed E-state index contributed by atoms with van der Waals surface area (Å²) in [6.45, 7) is 2.71. The van der Waals surface area contributed by atoms with E-state index in [0.717, 1.165) is 12.1 Å². The number of halogens is 1. The van der Waals surface area contributed by atoms with E-state index in [1.165, 1.54) is 25.5 Å². The Bertz CT molecular complexity index is 365. The number of carbonyl (C=O) groups excluding carboxylic acids is 1. The average molecular weight is 314 g/mol. The Kier molecular flexibility index (Phi) is 6.80. The van der Waals surface area contributed by atoms with Gasteiger partial charge in [0.05, 0.1) is 7.11 Å². The van der Waals surface area contributed by atoms with Crippen molar-refractivity contribution in [2.75, 3.05) is 19.0 Å². The number of anilines is 1. The van der Waals surface area contributed by atoms with Crippen molar-refractivity contribution < 1.29 is 9.53 Å². The van der Waals surface area contributed by atoms with Crippen molar-refractivity contribution in [2.45, 2.75) is 31.0 Å². The number of hydrogen-bond acceptors (Lipinski definition) is 3. The number of rotatable bonds is 7. The largest absolute Gasteiger partial charge is 0.468 e. The van der Waals surface area contributed by atoms with Crippen molar-refractivity contribution in [3.05, 3.63) is 29.8 Å². The van der Waals surface area contributed by atoms with Gasteiger partial charge in [0.2, 0.25) is 0 Å². The molecule has 0 fully saturated rings. The Hall–Kier alpha value is -1.03. The van der Waals surface area contributed by atoms with Crippen LogP contribution in [0, 0.1) is 0 Å². The molecule has 0 saturated heterocycles. The smallest absolute Gasteiger partial charge is 0.321 e. The zero-order chi connectivity index (χ0) is 13.4. The highest BCUT2D eigenvalue weighted by Crippen LogP contribution is 2.13. The molecule has 0 saturated carbocycles. The van der Waals surface area contributed by atoms with E-state index in [0.29, 0.717) is 6.54 Å². The number of nitrogens with one attached hydrogen (secondary N) is 1. The normalized spacial score (nSPS) is 11.9. The Morgan fingerprint density at radius 3 is 2.61 bits per heavy atom. The summed E-state index contributed by atoms with van der Waals surface area (Å²) in [6.07, 6.45) is 3.56. The van der Waals surface area contributed by atoms with E-state index in [1.54, 1.807) is 0 Å². The third-order valence-electron chi connectivity index (χ3n) is 2.72. The van der Waals surface area contributed by atoms with Crippen molar-refractivity contribution in [1.82, 2.24) is 0 Å². The zero-order valence-corrected chi connectivity index (χ0v) is 12.5. The van der Waals surface area contributed by atoms with Crippen LogP contribution in [0.5, 0.6) is 0 Å². The van der Waals surface area contributed by atoms with Gasteiger partial charge in [-0.15, -0.1) is 0 Å². The number of esters is 1.